The zero-order valence-electron chi connectivity index (χ0n) is 12.2. The first-order chi connectivity index (χ1) is 8.88. The monoisotopic (exact) mass is 262 g/mol. The Morgan fingerprint density at radius 1 is 1.11 bits per heavy atom. The topological polar surface area (TPSA) is 49.3 Å². The molecule has 0 spiro atoms. The van der Waals surface area contributed by atoms with Crippen LogP contribution < -0.4 is 4.90 Å². The van der Waals surface area contributed by atoms with E-state index in [-0.39, 0.29) is 11.3 Å². The van der Waals surface area contributed by atoms with Gasteiger partial charge in [0.2, 0.25) is 5.91 Å². The molecule has 2 rings (SSSR count). The number of hydrogen-bond donors (Lipinski definition) is 0. The summed E-state index contributed by atoms with van der Waals surface area (Å²) in [4.78, 5) is 16.3. The molecule has 1 fully saturated rings. The summed E-state index contributed by atoms with van der Waals surface area (Å²) in [7, 11) is 0. The minimum absolute atomic E-state index is 0.224. The van der Waals surface area contributed by atoms with Crippen molar-refractivity contribution in [3.63, 3.8) is 0 Å². The van der Waals surface area contributed by atoms with Crippen LogP contribution in [0.3, 0.4) is 0 Å². The third-order valence-electron chi connectivity index (χ3n) is 3.32. The maximum absolute atomic E-state index is 12.2. The fourth-order valence-electron chi connectivity index (χ4n) is 2.17. The Hall–Kier alpha value is -1.65. The number of carbonyl (C=O) groups is 1. The highest BCUT2D eigenvalue weighted by atomic mass is 16.2. The van der Waals surface area contributed by atoms with E-state index < -0.39 is 0 Å². The lowest BCUT2D eigenvalue weighted by Gasteiger charge is -2.37. The number of aryl methyl sites for hydroxylation is 1. The minimum atomic E-state index is -0.300. The predicted octanol–water partition coefficient (Wildman–Crippen LogP) is 1.48. The molecule has 1 saturated heterocycles. The van der Waals surface area contributed by atoms with Crippen molar-refractivity contribution in [1.29, 1.82) is 0 Å². The van der Waals surface area contributed by atoms with E-state index in [9.17, 15) is 4.79 Å². The van der Waals surface area contributed by atoms with E-state index in [1.807, 2.05) is 44.7 Å². The molecule has 0 atom stereocenters. The standard InChI is InChI=1S/C14H22N4O/c1-11-5-6-12(16-15-11)17-7-9-18(10-8-17)13(19)14(2,3)4/h5-6H,7-10H2,1-4H3. The van der Waals surface area contributed by atoms with Crippen molar-refractivity contribution in [2.75, 3.05) is 31.1 Å². The Labute approximate surface area is 114 Å². The second-order valence-corrected chi connectivity index (χ2v) is 6.06. The first-order valence-electron chi connectivity index (χ1n) is 6.72. The Bertz CT molecular complexity index is 442. The third kappa shape index (κ3) is 3.22. The Morgan fingerprint density at radius 3 is 2.21 bits per heavy atom. The first-order valence-corrected chi connectivity index (χ1v) is 6.72. The zero-order valence-corrected chi connectivity index (χ0v) is 12.2. The average molecular weight is 262 g/mol. The molecule has 1 amide bonds. The van der Waals surface area contributed by atoms with Crippen molar-refractivity contribution in [3.8, 4) is 0 Å². The molecule has 1 aliphatic rings. The molecule has 1 aromatic rings. The van der Waals surface area contributed by atoms with E-state index in [1.165, 1.54) is 0 Å². The summed E-state index contributed by atoms with van der Waals surface area (Å²) in [5.41, 5.74) is 0.622. The van der Waals surface area contributed by atoms with Crippen molar-refractivity contribution in [2.45, 2.75) is 27.7 Å². The molecule has 5 heteroatoms. The van der Waals surface area contributed by atoms with Crippen LogP contribution >= 0.6 is 0 Å². The Kier molecular flexibility index (Phi) is 3.73. The van der Waals surface area contributed by atoms with Gasteiger partial charge in [-0.1, -0.05) is 20.8 Å². The van der Waals surface area contributed by atoms with Gasteiger partial charge in [-0.3, -0.25) is 4.79 Å². The number of hydrogen-bond acceptors (Lipinski definition) is 4. The second kappa shape index (κ2) is 5.15. The molecular formula is C14H22N4O. The van der Waals surface area contributed by atoms with Crippen molar-refractivity contribution in [1.82, 2.24) is 15.1 Å². The van der Waals surface area contributed by atoms with Crippen LogP contribution in [0.25, 0.3) is 0 Å². The van der Waals surface area contributed by atoms with Gasteiger partial charge in [-0.15, -0.1) is 5.10 Å². The number of amides is 1. The van der Waals surface area contributed by atoms with E-state index in [1.54, 1.807) is 0 Å². The summed E-state index contributed by atoms with van der Waals surface area (Å²) < 4.78 is 0. The van der Waals surface area contributed by atoms with Gasteiger partial charge in [-0.25, -0.2) is 0 Å². The highest BCUT2D eigenvalue weighted by Gasteiger charge is 2.29. The van der Waals surface area contributed by atoms with Crippen molar-refractivity contribution in [2.24, 2.45) is 5.41 Å². The maximum Gasteiger partial charge on any atom is 0.228 e. The summed E-state index contributed by atoms with van der Waals surface area (Å²) in [6, 6.07) is 3.96. The third-order valence-corrected chi connectivity index (χ3v) is 3.32. The van der Waals surface area contributed by atoms with Crippen LogP contribution in [0.4, 0.5) is 5.82 Å². The van der Waals surface area contributed by atoms with Crippen LogP contribution in [0.2, 0.25) is 0 Å². The molecule has 0 unspecified atom stereocenters. The van der Waals surface area contributed by atoms with Gasteiger partial charge in [0.15, 0.2) is 5.82 Å². The summed E-state index contributed by atoms with van der Waals surface area (Å²) in [5, 5.41) is 8.27. The molecule has 1 aliphatic heterocycles. The van der Waals surface area contributed by atoms with Crippen molar-refractivity contribution >= 4 is 11.7 Å². The first kappa shape index (κ1) is 13.8. The van der Waals surface area contributed by atoms with Gasteiger partial charge in [0.05, 0.1) is 5.69 Å². The van der Waals surface area contributed by atoms with Crippen LogP contribution in [0.1, 0.15) is 26.5 Å². The molecule has 0 aromatic carbocycles. The molecule has 0 radical (unpaired) electrons. The average Bonchev–Trinajstić information content (AvgIpc) is 2.38. The molecular weight excluding hydrogens is 240 g/mol. The SMILES string of the molecule is Cc1ccc(N2CCN(C(=O)C(C)(C)C)CC2)nn1. The number of rotatable bonds is 1. The van der Waals surface area contributed by atoms with Crippen molar-refractivity contribution < 1.29 is 4.79 Å². The normalized spacial score (nSPS) is 16.6. The molecule has 0 bridgehead atoms. The molecule has 5 nitrogen and oxygen atoms in total. The fraction of sp³-hybridized carbons (Fsp3) is 0.643. The van der Waals surface area contributed by atoms with Gasteiger partial charge in [-0.05, 0) is 19.1 Å². The van der Waals surface area contributed by atoms with Gasteiger partial charge in [0.1, 0.15) is 0 Å². The highest BCUT2D eigenvalue weighted by Crippen LogP contribution is 2.20. The molecule has 1 aromatic heterocycles. The van der Waals surface area contributed by atoms with Gasteiger partial charge in [0.25, 0.3) is 0 Å². The molecule has 0 aliphatic carbocycles. The molecule has 0 saturated carbocycles. The largest absolute Gasteiger partial charge is 0.352 e. The number of nitrogens with zero attached hydrogens (tertiary/aromatic N) is 4. The van der Waals surface area contributed by atoms with Gasteiger partial charge in [0, 0.05) is 31.6 Å². The smallest absolute Gasteiger partial charge is 0.228 e. The molecule has 19 heavy (non-hydrogen) atoms. The quantitative estimate of drug-likeness (QED) is 0.769. The number of carbonyl (C=O) groups excluding carboxylic acids is 1. The second-order valence-electron chi connectivity index (χ2n) is 6.06. The lowest BCUT2D eigenvalue weighted by molar-refractivity contribution is -0.139. The fourth-order valence-corrected chi connectivity index (χ4v) is 2.17. The summed E-state index contributed by atoms with van der Waals surface area (Å²) in [6.07, 6.45) is 0. The van der Waals surface area contributed by atoms with E-state index in [0.29, 0.717) is 0 Å². The van der Waals surface area contributed by atoms with Crippen LogP contribution in [-0.2, 0) is 4.79 Å². The van der Waals surface area contributed by atoms with E-state index in [0.717, 1.165) is 37.7 Å². The lowest BCUT2D eigenvalue weighted by atomic mass is 9.94. The maximum atomic E-state index is 12.2. The number of piperazine rings is 1. The minimum Gasteiger partial charge on any atom is -0.352 e. The van der Waals surface area contributed by atoms with E-state index >= 15 is 0 Å². The van der Waals surface area contributed by atoms with Crippen LogP contribution in [0, 0.1) is 12.3 Å². The van der Waals surface area contributed by atoms with Crippen LogP contribution in [0.5, 0.6) is 0 Å². The summed E-state index contributed by atoms with van der Waals surface area (Å²) in [6.45, 7) is 11.0. The highest BCUT2D eigenvalue weighted by molar-refractivity contribution is 5.81. The van der Waals surface area contributed by atoms with E-state index in [2.05, 4.69) is 15.1 Å². The number of anilines is 1. The summed E-state index contributed by atoms with van der Waals surface area (Å²) in [5.74, 6) is 1.12. The number of aromatic nitrogens is 2. The van der Waals surface area contributed by atoms with E-state index in [4.69, 9.17) is 0 Å². The zero-order chi connectivity index (χ0) is 14.0. The summed E-state index contributed by atoms with van der Waals surface area (Å²) >= 11 is 0. The van der Waals surface area contributed by atoms with Gasteiger partial charge in [-0.2, -0.15) is 5.10 Å². The molecule has 104 valence electrons. The van der Waals surface area contributed by atoms with Gasteiger partial charge >= 0.3 is 0 Å². The predicted molar refractivity (Wildman–Crippen MR) is 75.0 cm³/mol. The molecule has 0 N–H and O–H groups in total. The Balaban J connectivity index is 1.96. The Morgan fingerprint density at radius 2 is 1.74 bits per heavy atom. The van der Waals surface area contributed by atoms with Crippen molar-refractivity contribution in [3.05, 3.63) is 17.8 Å². The van der Waals surface area contributed by atoms with Crippen LogP contribution in [0.15, 0.2) is 12.1 Å². The van der Waals surface area contributed by atoms with Gasteiger partial charge < -0.3 is 9.80 Å². The lowest BCUT2D eigenvalue weighted by Crippen LogP contribution is -2.51. The molecule has 2 heterocycles. The van der Waals surface area contributed by atoms with Crippen LogP contribution in [-0.4, -0.2) is 47.2 Å².